The van der Waals surface area contributed by atoms with Gasteiger partial charge in [0.05, 0.1) is 0 Å². The van der Waals surface area contributed by atoms with Gasteiger partial charge in [-0.3, -0.25) is 0 Å². The highest BCUT2D eigenvalue weighted by molar-refractivity contribution is 5.83. The number of aliphatic carboxylic acids is 1. The van der Waals surface area contributed by atoms with E-state index in [0.29, 0.717) is 6.61 Å². The zero-order chi connectivity index (χ0) is 18.7. The Morgan fingerprint density at radius 2 is 1.54 bits per heavy atom. The first kappa shape index (κ1) is 20.4. The van der Waals surface area contributed by atoms with Gasteiger partial charge in [-0.2, -0.15) is 0 Å². The highest BCUT2D eigenvalue weighted by atomic mass is 16.5. The van der Waals surface area contributed by atoms with Gasteiger partial charge in [0, 0.05) is 12.5 Å². The fraction of sp³-hybridized carbons (Fsp3) is 0.522. The van der Waals surface area contributed by atoms with Crippen molar-refractivity contribution in [2.75, 3.05) is 6.61 Å². The van der Waals surface area contributed by atoms with Gasteiger partial charge in [0.15, 0.2) is 0 Å². The lowest BCUT2D eigenvalue weighted by Crippen LogP contribution is -2.39. The topological polar surface area (TPSA) is 46.5 Å². The summed E-state index contributed by atoms with van der Waals surface area (Å²) in [6.45, 7) is 2.71. The summed E-state index contributed by atoms with van der Waals surface area (Å²) in [5.41, 5.74) is -0.158. The zero-order valence-electron chi connectivity index (χ0n) is 15.9. The van der Waals surface area contributed by atoms with Gasteiger partial charge in [-0.15, -0.1) is 0 Å². The summed E-state index contributed by atoms with van der Waals surface area (Å²) in [7, 11) is 0. The molecular formula is C23H32O3. The van der Waals surface area contributed by atoms with Crippen molar-refractivity contribution in [3.63, 3.8) is 0 Å². The largest absolute Gasteiger partial charge is 0.479 e. The molecule has 0 heterocycles. The van der Waals surface area contributed by atoms with Crippen LogP contribution < -0.4 is 0 Å². The quantitative estimate of drug-likeness (QED) is 0.376. The van der Waals surface area contributed by atoms with E-state index in [9.17, 15) is 9.90 Å². The molecule has 0 saturated heterocycles. The first-order chi connectivity index (χ1) is 12.7. The Balaban J connectivity index is 1.75. The molecule has 2 rings (SSSR count). The predicted octanol–water partition coefficient (Wildman–Crippen LogP) is 5.88. The number of hydrogen-bond donors (Lipinski definition) is 1. The number of carboxylic acids is 1. The normalized spacial score (nSPS) is 21.8. The molecule has 1 N–H and O–H groups in total. The zero-order valence-corrected chi connectivity index (χ0v) is 15.9. The minimum absolute atomic E-state index is 0.107. The van der Waals surface area contributed by atoms with E-state index < -0.39 is 11.6 Å². The van der Waals surface area contributed by atoms with Gasteiger partial charge in [0.25, 0.3) is 0 Å². The number of carbonyl (C=O) groups is 1. The third-order valence-electron chi connectivity index (χ3n) is 4.96. The second kappa shape index (κ2) is 11.0. The summed E-state index contributed by atoms with van der Waals surface area (Å²) in [6, 6.07) is 10.1. The summed E-state index contributed by atoms with van der Waals surface area (Å²) in [4.78, 5) is 11.8. The predicted molar refractivity (Wildman–Crippen MR) is 106 cm³/mol. The van der Waals surface area contributed by atoms with Crippen molar-refractivity contribution in [2.45, 2.75) is 69.8 Å². The molecule has 142 valence electrons. The first-order valence-electron chi connectivity index (χ1n) is 9.99. The molecular weight excluding hydrogens is 324 g/mol. The highest BCUT2D eigenvalue weighted by Crippen LogP contribution is 2.29. The lowest BCUT2D eigenvalue weighted by atomic mass is 9.88. The highest BCUT2D eigenvalue weighted by Gasteiger charge is 2.36. The Hall–Kier alpha value is -1.87. The van der Waals surface area contributed by atoms with Crippen LogP contribution in [0, 0.1) is 0 Å². The van der Waals surface area contributed by atoms with Crippen LogP contribution in [-0.2, 0) is 9.53 Å². The van der Waals surface area contributed by atoms with Crippen LogP contribution in [0.5, 0.6) is 0 Å². The molecule has 0 saturated carbocycles. The minimum Gasteiger partial charge on any atom is -0.479 e. The second-order valence-electron chi connectivity index (χ2n) is 7.08. The van der Waals surface area contributed by atoms with Crippen LogP contribution in [0.2, 0.25) is 0 Å². The molecule has 1 aromatic carbocycles. The number of allylic oxidation sites excluding steroid dienone is 2. The fourth-order valence-corrected chi connectivity index (χ4v) is 3.29. The molecule has 26 heavy (non-hydrogen) atoms. The molecule has 0 atom stereocenters. The van der Waals surface area contributed by atoms with E-state index in [0.717, 1.165) is 18.4 Å². The monoisotopic (exact) mass is 356 g/mol. The number of hydrogen-bond acceptors (Lipinski definition) is 2. The van der Waals surface area contributed by atoms with E-state index in [1.807, 2.05) is 30.4 Å². The molecule has 3 heteroatoms. The maximum atomic E-state index is 11.8. The molecule has 0 amide bonds. The SMILES string of the molecule is CCCCCCCCCCOC1(C(=O)O)C=CC(c2ccccc2)C=C1. The lowest BCUT2D eigenvalue weighted by Gasteiger charge is -2.27. The van der Waals surface area contributed by atoms with Crippen molar-refractivity contribution in [2.24, 2.45) is 0 Å². The third kappa shape index (κ3) is 6.14. The van der Waals surface area contributed by atoms with E-state index in [4.69, 9.17) is 4.74 Å². The second-order valence-corrected chi connectivity index (χ2v) is 7.08. The van der Waals surface area contributed by atoms with Crippen molar-refractivity contribution in [1.82, 2.24) is 0 Å². The van der Waals surface area contributed by atoms with Crippen LogP contribution in [0.4, 0.5) is 0 Å². The maximum absolute atomic E-state index is 11.8. The molecule has 0 aliphatic heterocycles. The Bertz CT molecular complexity index is 575. The van der Waals surface area contributed by atoms with Crippen LogP contribution in [-0.4, -0.2) is 23.3 Å². The molecule has 0 fully saturated rings. The van der Waals surface area contributed by atoms with Crippen LogP contribution in [0.15, 0.2) is 54.6 Å². The Morgan fingerprint density at radius 3 is 2.12 bits per heavy atom. The average molecular weight is 357 g/mol. The average Bonchev–Trinajstić information content (AvgIpc) is 2.68. The maximum Gasteiger partial charge on any atom is 0.344 e. The van der Waals surface area contributed by atoms with Gasteiger partial charge in [-0.05, 0) is 24.1 Å². The van der Waals surface area contributed by atoms with E-state index in [1.165, 1.54) is 38.5 Å². The van der Waals surface area contributed by atoms with E-state index in [1.54, 1.807) is 12.2 Å². The lowest BCUT2D eigenvalue weighted by molar-refractivity contribution is -0.154. The van der Waals surface area contributed by atoms with Crippen molar-refractivity contribution < 1.29 is 14.6 Å². The molecule has 0 aromatic heterocycles. The van der Waals surface area contributed by atoms with Gasteiger partial charge >= 0.3 is 5.97 Å². The van der Waals surface area contributed by atoms with E-state index in [2.05, 4.69) is 19.1 Å². The molecule has 3 nitrogen and oxygen atoms in total. The summed E-state index contributed by atoms with van der Waals surface area (Å²) >= 11 is 0. The molecule has 0 bridgehead atoms. The smallest absolute Gasteiger partial charge is 0.344 e. The standard InChI is InChI=1S/C23H32O3/c1-2-3-4-5-6-7-8-12-19-26-23(22(24)25)17-15-21(16-18-23)20-13-10-9-11-14-20/h9-11,13-18,21H,2-8,12,19H2,1H3,(H,24,25). The fourth-order valence-electron chi connectivity index (χ4n) is 3.29. The van der Waals surface area contributed by atoms with Gasteiger partial charge < -0.3 is 9.84 Å². The van der Waals surface area contributed by atoms with E-state index in [-0.39, 0.29) is 5.92 Å². The van der Waals surface area contributed by atoms with Crippen molar-refractivity contribution in [3.8, 4) is 0 Å². The van der Waals surface area contributed by atoms with Gasteiger partial charge in [-0.25, -0.2) is 4.79 Å². The number of ether oxygens (including phenoxy) is 1. The van der Waals surface area contributed by atoms with Crippen LogP contribution >= 0.6 is 0 Å². The van der Waals surface area contributed by atoms with Crippen molar-refractivity contribution in [1.29, 1.82) is 0 Å². The number of rotatable bonds is 12. The molecule has 1 aromatic rings. The van der Waals surface area contributed by atoms with Crippen LogP contribution in [0.1, 0.15) is 69.8 Å². The summed E-state index contributed by atoms with van der Waals surface area (Å²) in [5, 5.41) is 9.64. The van der Waals surface area contributed by atoms with E-state index >= 15 is 0 Å². The van der Waals surface area contributed by atoms with Crippen molar-refractivity contribution >= 4 is 5.97 Å². The van der Waals surface area contributed by atoms with Crippen LogP contribution in [0.3, 0.4) is 0 Å². The molecule has 1 aliphatic carbocycles. The summed E-state index contributed by atoms with van der Waals surface area (Å²) in [6.07, 6.45) is 17.0. The molecule has 0 spiro atoms. The molecule has 0 unspecified atom stereocenters. The molecule has 1 aliphatic rings. The number of unbranched alkanes of at least 4 members (excludes halogenated alkanes) is 7. The van der Waals surface area contributed by atoms with Gasteiger partial charge in [-0.1, -0.05) is 94.4 Å². The Morgan fingerprint density at radius 1 is 0.962 bits per heavy atom. The van der Waals surface area contributed by atoms with Gasteiger partial charge in [0.1, 0.15) is 0 Å². The molecule has 0 radical (unpaired) electrons. The van der Waals surface area contributed by atoms with Crippen molar-refractivity contribution in [3.05, 3.63) is 60.2 Å². The van der Waals surface area contributed by atoms with Crippen LogP contribution in [0.25, 0.3) is 0 Å². The van der Waals surface area contributed by atoms with Gasteiger partial charge in [0.2, 0.25) is 5.60 Å². The Kier molecular flexibility index (Phi) is 8.63. The minimum atomic E-state index is -1.31. The first-order valence-corrected chi connectivity index (χ1v) is 9.99. The summed E-state index contributed by atoms with van der Waals surface area (Å²) < 4.78 is 5.79. The third-order valence-corrected chi connectivity index (χ3v) is 4.96. The Labute approximate surface area is 157 Å². The number of carboxylic acid groups (broad SMARTS) is 1. The summed E-state index contributed by atoms with van der Waals surface area (Å²) in [5.74, 6) is -0.841. The number of benzene rings is 1.